The summed E-state index contributed by atoms with van der Waals surface area (Å²) >= 11 is 0. The minimum Gasteiger partial charge on any atom is -0.337 e. The fraction of sp³-hybridized carbons (Fsp3) is 0.250. The molecule has 0 aliphatic heterocycles. The van der Waals surface area contributed by atoms with Gasteiger partial charge in [-0.05, 0) is 25.1 Å². The van der Waals surface area contributed by atoms with E-state index >= 15 is 0 Å². The SMILES string of the molecule is CC(C#N)CNC(=O)Nc1cccc(C#N)c1. The Hall–Kier alpha value is -2.53. The predicted octanol–water partition coefficient (Wildman–Crippen LogP) is 1.84. The minimum atomic E-state index is -0.387. The van der Waals surface area contributed by atoms with Crippen LogP contribution in [0.15, 0.2) is 24.3 Å². The van der Waals surface area contributed by atoms with Crippen LogP contribution in [-0.2, 0) is 0 Å². The number of nitrogens with one attached hydrogen (secondary N) is 2. The Morgan fingerprint density at radius 1 is 1.47 bits per heavy atom. The second-order valence-electron chi connectivity index (χ2n) is 3.56. The highest BCUT2D eigenvalue weighted by atomic mass is 16.2. The van der Waals surface area contributed by atoms with Crippen LogP contribution in [0.3, 0.4) is 0 Å². The Morgan fingerprint density at radius 2 is 2.24 bits per heavy atom. The molecule has 0 fully saturated rings. The van der Waals surface area contributed by atoms with Gasteiger partial charge in [0.15, 0.2) is 0 Å². The number of nitrogens with zero attached hydrogens (tertiary/aromatic N) is 2. The van der Waals surface area contributed by atoms with Crippen LogP contribution in [0.5, 0.6) is 0 Å². The predicted molar refractivity (Wildman–Crippen MR) is 63.0 cm³/mol. The van der Waals surface area contributed by atoms with Gasteiger partial charge in [-0.1, -0.05) is 6.07 Å². The molecule has 0 heterocycles. The standard InChI is InChI=1S/C12H12N4O/c1-9(6-13)8-15-12(17)16-11-4-2-3-10(5-11)7-14/h2-5,9H,8H2,1H3,(H2,15,16,17). The highest BCUT2D eigenvalue weighted by Gasteiger charge is 2.04. The molecule has 1 rings (SSSR count). The van der Waals surface area contributed by atoms with Gasteiger partial charge in [-0.15, -0.1) is 0 Å². The van der Waals surface area contributed by atoms with Gasteiger partial charge in [-0.2, -0.15) is 10.5 Å². The van der Waals surface area contributed by atoms with Crippen LogP contribution < -0.4 is 10.6 Å². The Balaban J connectivity index is 2.51. The molecule has 1 aromatic carbocycles. The maximum Gasteiger partial charge on any atom is 0.319 e. The lowest BCUT2D eigenvalue weighted by molar-refractivity contribution is 0.251. The van der Waals surface area contributed by atoms with E-state index in [4.69, 9.17) is 10.5 Å². The molecule has 0 aliphatic rings. The van der Waals surface area contributed by atoms with E-state index in [1.807, 2.05) is 12.1 Å². The lowest BCUT2D eigenvalue weighted by Gasteiger charge is -2.08. The van der Waals surface area contributed by atoms with Gasteiger partial charge >= 0.3 is 6.03 Å². The zero-order chi connectivity index (χ0) is 12.7. The van der Waals surface area contributed by atoms with Gasteiger partial charge in [0, 0.05) is 12.2 Å². The summed E-state index contributed by atoms with van der Waals surface area (Å²) in [6.45, 7) is 2.01. The Morgan fingerprint density at radius 3 is 2.88 bits per heavy atom. The number of carbonyl (C=O) groups excluding carboxylic acids is 1. The molecule has 0 bridgehead atoms. The van der Waals surface area contributed by atoms with Gasteiger partial charge in [0.25, 0.3) is 0 Å². The third-order valence-corrected chi connectivity index (χ3v) is 2.04. The molecule has 5 nitrogen and oxygen atoms in total. The van der Waals surface area contributed by atoms with Crippen LogP contribution in [0.25, 0.3) is 0 Å². The van der Waals surface area contributed by atoms with Gasteiger partial charge in [0.2, 0.25) is 0 Å². The van der Waals surface area contributed by atoms with Crippen molar-refractivity contribution in [3.63, 3.8) is 0 Å². The average molecular weight is 228 g/mol. The molecule has 1 aromatic rings. The molecule has 0 saturated heterocycles. The third kappa shape index (κ3) is 4.23. The fourth-order valence-electron chi connectivity index (χ4n) is 1.13. The first kappa shape index (κ1) is 12.5. The monoisotopic (exact) mass is 228 g/mol. The highest BCUT2D eigenvalue weighted by molar-refractivity contribution is 5.89. The molecule has 86 valence electrons. The molecule has 0 aromatic heterocycles. The van der Waals surface area contributed by atoms with E-state index in [0.29, 0.717) is 17.8 Å². The van der Waals surface area contributed by atoms with Crippen molar-refractivity contribution in [1.82, 2.24) is 5.32 Å². The number of hydrogen-bond acceptors (Lipinski definition) is 3. The Kier molecular flexibility index (Phi) is 4.53. The summed E-state index contributed by atoms with van der Waals surface area (Å²) in [6, 6.07) is 10.2. The summed E-state index contributed by atoms with van der Waals surface area (Å²) in [5.74, 6) is -0.230. The second-order valence-corrected chi connectivity index (χ2v) is 3.56. The molecule has 17 heavy (non-hydrogen) atoms. The van der Waals surface area contributed by atoms with Gasteiger partial charge < -0.3 is 10.6 Å². The average Bonchev–Trinajstić information content (AvgIpc) is 2.36. The Bertz CT molecular complexity index is 484. The molecule has 5 heteroatoms. The van der Waals surface area contributed by atoms with E-state index < -0.39 is 0 Å². The summed E-state index contributed by atoms with van der Waals surface area (Å²) in [4.78, 5) is 11.4. The zero-order valence-electron chi connectivity index (χ0n) is 9.40. The van der Waals surface area contributed by atoms with Crippen molar-refractivity contribution in [3.8, 4) is 12.1 Å². The van der Waals surface area contributed by atoms with E-state index in [1.165, 1.54) is 0 Å². The summed E-state index contributed by atoms with van der Waals surface area (Å²) in [5.41, 5.74) is 1.03. The van der Waals surface area contributed by atoms with Crippen molar-refractivity contribution in [2.24, 2.45) is 5.92 Å². The second kappa shape index (κ2) is 6.14. The number of carbonyl (C=O) groups is 1. The van der Waals surface area contributed by atoms with Crippen molar-refractivity contribution >= 4 is 11.7 Å². The smallest absolute Gasteiger partial charge is 0.319 e. The van der Waals surface area contributed by atoms with Crippen LogP contribution >= 0.6 is 0 Å². The first-order chi connectivity index (χ1) is 8.15. The van der Waals surface area contributed by atoms with Crippen LogP contribution in [-0.4, -0.2) is 12.6 Å². The van der Waals surface area contributed by atoms with Crippen molar-refractivity contribution in [2.75, 3.05) is 11.9 Å². The number of benzene rings is 1. The normalized spacial score (nSPS) is 10.8. The number of urea groups is 1. The van der Waals surface area contributed by atoms with E-state index in [0.717, 1.165) is 0 Å². The minimum absolute atomic E-state index is 0.230. The van der Waals surface area contributed by atoms with Gasteiger partial charge in [0.05, 0.1) is 23.6 Å². The van der Waals surface area contributed by atoms with Crippen LogP contribution in [0, 0.1) is 28.6 Å². The van der Waals surface area contributed by atoms with Crippen LogP contribution in [0.2, 0.25) is 0 Å². The summed E-state index contributed by atoms with van der Waals surface area (Å²) in [6.07, 6.45) is 0. The lowest BCUT2D eigenvalue weighted by Crippen LogP contribution is -2.32. The van der Waals surface area contributed by atoms with E-state index in [1.54, 1.807) is 31.2 Å². The quantitative estimate of drug-likeness (QED) is 0.827. The third-order valence-electron chi connectivity index (χ3n) is 2.04. The first-order valence-corrected chi connectivity index (χ1v) is 5.10. The van der Waals surface area contributed by atoms with Crippen molar-refractivity contribution in [3.05, 3.63) is 29.8 Å². The number of hydrogen-bond donors (Lipinski definition) is 2. The largest absolute Gasteiger partial charge is 0.337 e. The molecule has 0 saturated carbocycles. The fourth-order valence-corrected chi connectivity index (χ4v) is 1.13. The van der Waals surface area contributed by atoms with Crippen molar-refractivity contribution in [2.45, 2.75) is 6.92 Å². The van der Waals surface area contributed by atoms with E-state index in [-0.39, 0.29) is 11.9 Å². The molecule has 2 amide bonds. The van der Waals surface area contributed by atoms with Crippen molar-refractivity contribution in [1.29, 1.82) is 10.5 Å². The lowest BCUT2D eigenvalue weighted by atomic mass is 10.2. The zero-order valence-corrected chi connectivity index (χ0v) is 9.40. The molecule has 2 N–H and O–H groups in total. The molecular weight excluding hydrogens is 216 g/mol. The van der Waals surface area contributed by atoms with Crippen molar-refractivity contribution < 1.29 is 4.79 Å². The maximum absolute atomic E-state index is 11.4. The number of anilines is 1. The molecular formula is C12H12N4O. The molecule has 1 atom stereocenters. The van der Waals surface area contributed by atoms with Gasteiger partial charge in [-0.25, -0.2) is 4.79 Å². The summed E-state index contributed by atoms with van der Waals surface area (Å²) in [5, 5.41) is 22.4. The number of rotatable bonds is 3. The number of amides is 2. The number of nitriles is 2. The molecule has 0 radical (unpaired) electrons. The molecule has 0 spiro atoms. The van der Waals surface area contributed by atoms with Crippen LogP contribution in [0.4, 0.5) is 10.5 Å². The van der Waals surface area contributed by atoms with Gasteiger partial charge in [0.1, 0.15) is 0 Å². The molecule has 1 unspecified atom stereocenters. The Labute approximate surface area is 99.7 Å². The van der Waals surface area contributed by atoms with E-state index in [2.05, 4.69) is 10.6 Å². The van der Waals surface area contributed by atoms with Gasteiger partial charge in [-0.3, -0.25) is 0 Å². The summed E-state index contributed by atoms with van der Waals surface area (Å²) < 4.78 is 0. The van der Waals surface area contributed by atoms with E-state index in [9.17, 15) is 4.79 Å². The maximum atomic E-state index is 11.4. The summed E-state index contributed by atoms with van der Waals surface area (Å²) in [7, 11) is 0. The topological polar surface area (TPSA) is 88.7 Å². The highest BCUT2D eigenvalue weighted by Crippen LogP contribution is 2.09. The first-order valence-electron chi connectivity index (χ1n) is 5.10. The molecule has 0 aliphatic carbocycles. The van der Waals surface area contributed by atoms with Crippen LogP contribution in [0.1, 0.15) is 12.5 Å².